The summed E-state index contributed by atoms with van der Waals surface area (Å²) in [5.41, 5.74) is 2.22. The smallest absolute Gasteiger partial charge is 0.144 e. The monoisotopic (exact) mass is 334 g/mol. The highest BCUT2D eigenvalue weighted by Gasteiger charge is 2.11. The Labute approximate surface area is 128 Å². The lowest BCUT2D eigenvalue weighted by molar-refractivity contribution is 0.882. The molecule has 0 unspecified atom stereocenters. The number of anilines is 1. The molecule has 2 heterocycles. The van der Waals surface area contributed by atoms with Crippen LogP contribution in [0, 0.1) is 0 Å². The quantitative estimate of drug-likeness (QED) is 0.876. The molecule has 0 saturated heterocycles. The van der Waals surface area contributed by atoms with Crippen molar-refractivity contribution in [2.75, 3.05) is 11.9 Å². The maximum absolute atomic E-state index is 4.64. The molecule has 1 N–H and O–H groups in total. The van der Waals surface area contributed by atoms with Gasteiger partial charge in [-0.25, -0.2) is 9.97 Å². The number of aryl methyl sites for hydroxylation is 1. The first-order valence-electron chi connectivity index (χ1n) is 6.92. The van der Waals surface area contributed by atoms with Crippen LogP contribution in [0.3, 0.4) is 0 Å². The number of hydrogen-bond donors (Lipinski definition) is 1. The van der Waals surface area contributed by atoms with Crippen LogP contribution in [0.1, 0.15) is 37.4 Å². The first-order chi connectivity index (χ1) is 9.74. The maximum Gasteiger partial charge on any atom is 0.144 e. The van der Waals surface area contributed by atoms with Crippen LogP contribution in [0.4, 0.5) is 5.82 Å². The molecule has 0 aromatic carbocycles. The van der Waals surface area contributed by atoms with Crippen LogP contribution in [-0.4, -0.2) is 21.5 Å². The van der Waals surface area contributed by atoms with Crippen LogP contribution in [0.15, 0.2) is 29.0 Å². The van der Waals surface area contributed by atoms with Crippen LogP contribution < -0.4 is 5.32 Å². The molecule has 0 bridgehead atoms. The van der Waals surface area contributed by atoms with Gasteiger partial charge in [-0.05, 0) is 46.5 Å². The molecule has 0 saturated carbocycles. The number of aromatic nitrogens is 3. The van der Waals surface area contributed by atoms with Gasteiger partial charge in [0.2, 0.25) is 0 Å². The van der Waals surface area contributed by atoms with Gasteiger partial charge in [0.05, 0.1) is 10.2 Å². The van der Waals surface area contributed by atoms with E-state index in [1.807, 2.05) is 12.1 Å². The Morgan fingerprint density at radius 3 is 2.55 bits per heavy atom. The lowest BCUT2D eigenvalue weighted by Gasteiger charge is -2.12. The Bertz CT molecular complexity index is 557. The molecule has 2 aromatic rings. The van der Waals surface area contributed by atoms with Crippen molar-refractivity contribution in [2.45, 2.75) is 33.1 Å². The zero-order valence-corrected chi connectivity index (χ0v) is 13.4. The van der Waals surface area contributed by atoms with E-state index in [1.165, 1.54) is 5.56 Å². The second-order valence-corrected chi connectivity index (χ2v) is 5.35. The third kappa shape index (κ3) is 3.76. The van der Waals surface area contributed by atoms with E-state index in [0.29, 0.717) is 0 Å². The summed E-state index contributed by atoms with van der Waals surface area (Å²) >= 11 is 3.59. The summed E-state index contributed by atoms with van der Waals surface area (Å²) in [5.74, 6) is 1.73. The van der Waals surface area contributed by atoms with Crippen LogP contribution in [0.25, 0.3) is 0 Å². The summed E-state index contributed by atoms with van der Waals surface area (Å²) < 4.78 is 0.979. The molecule has 0 atom stereocenters. The highest BCUT2D eigenvalue weighted by Crippen LogP contribution is 2.24. The van der Waals surface area contributed by atoms with Gasteiger partial charge in [0.1, 0.15) is 11.6 Å². The number of pyridine rings is 1. The van der Waals surface area contributed by atoms with E-state index >= 15 is 0 Å². The molecule has 0 aliphatic rings. The van der Waals surface area contributed by atoms with Gasteiger partial charge in [-0.1, -0.05) is 13.8 Å². The Kier molecular flexibility index (Phi) is 5.47. The largest absolute Gasteiger partial charge is 0.369 e. The number of halogens is 1. The van der Waals surface area contributed by atoms with Crippen LogP contribution in [0.5, 0.6) is 0 Å². The van der Waals surface area contributed by atoms with Crippen molar-refractivity contribution in [2.24, 2.45) is 0 Å². The number of hydrogen-bond acceptors (Lipinski definition) is 4. The van der Waals surface area contributed by atoms with Crippen molar-refractivity contribution >= 4 is 21.7 Å². The van der Waals surface area contributed by atoms with Crippen molar-refractivity contribution in [1.29, 1.82) is 0 Å². The van der Waals surface area contributed by atoms with Gasteiger partial charge in [0.25, 0.3) is 0 Å². The first-order valence-corrected chi connectivity index (χ1v) is 7.72. The molecule has 0 spiro atoms. The molecule has 0 aliphatic carbocycles. The van der Waals surface area contributed by atoms with Gasteiger partial charge in [-0.2, -0.15) is 0 Å². The van der Waals surface area contributed by atoms with Gasteiger partial charge in [0.15, 0.2) is 0 Å². The first kappa shape index (κ1) is 14.9. The predicted molar refractivity (Wildman–Crippen MR) is 84.9 cm³/mol. The Balaban J connectivity index is 2.28. The Hall–Kier alpha value is -1.49. The van der Waals surface area contributed by atoms with Crippen LogP contribution >= 0.6 is 15.9 Å². The Morgan fingerprint density at radius 2 is 1.90 bits per heavy atom. The fourth-order valence-electron chi connectivity index (χ4n) is 1.90. The lowest BCUT2D eigenvalue weighted by Crippen LogP contribution is -2.09. The fraction of sp³-hybridized carbons (Fsp3) is 0.400. The minimum Gasteiger partial charge on any atom is -0.369 e. The molecular formula is C15H19BrN4. The van der Waals surface area contributed by atoms with E-state index in [1.54, 1.807) is 12.4 Å². The minimum atomic E-state index is 0.726. The zero-order chi connectivity index (χ0) is 14.4. The molecule has 4 nitrogen and oxygen atoms in total. The third-order valence-corrected chi connectivity index (χ3v) is 3.79. The van der Waals surface area contributed by atoms with Crippen molar-refractivity contribution in [3.8, 4) is 0 Å². The van der Waals surface area contributed by atoms with Gasteiger partial charge in [0, 0.05) is 25.4 Å². The summed E-state index contributed by atoms with van der Waals surface area (Å²) in [7, 11) is 0. The van der Waals surface area contributed by atoms with E-state index in [0.717, 1.165) is 47.6 Å². The van der Waals surface area contributed by atoms with E-state index in [2.05, 4.69) is 50.0 Å². The number of rotatable bonds is 6. The summed E-state index contributed by atoms with van der Waals surface area (Å²) in [6, 6.07) is 3.99. The highest BCUT2D eigenvalue weighted by atomic mass is 79.9. The SMILES string of the molecule is CCCNc1nc(Cc2ccncc2)nc(CC)c1Br. The van der Waals surface area contributed by atoms with Gasteiger partial charge < -0.3 is 5.32 Å². The molecule has 2 aromatic heterocycles. The van der Waals surface area contributed by atoms with Crippen molar-refractivity contribution < 1.29 is 0 Å². The van der Waals surface area contributed by atoms with E-state index in [9.17, 15) is 0 Å². The van der Waals surface area contributed by atoms with E-state index in [-0.39, 0.29) is 0 Å². The second kappa shape index (κ2) is 7.33. The summed E-state index contributed by atoms with van der Waals surface area (Å²) in [6.07, 6.45) is 6.27. The Morgan fingerprint density at radius 1 is 1.15 bits per heavy atom. The van der Waals surface area contributed by atoms with E-state index in [4.69, 9.17) is 0 Å². The summed E-state index contributed by atoms with van der Waals surface area (Å²) in [6.45, 7) is 5.15. The minimum absolute atomic E-state index is 0.726. The average molecular weight is 335 g/mol. The van der Waals surface area contributed by atoms with Gasteiger partial charge >= 0.3 is 0 Å². The molecule has 2 rings (SSSR count). The molecule has 5 heteroatoms. The molecule has 106 valence electrons. The predicted octanol–water partition coefficient (Wildman–Crippen LogP) is 3.61. The average Bonchev–Trinajstić information content (AvgIpc) is 2.48. The zero-order valence-electron chi connectivity index (χ0n) is 11.9. The standard InChI is InChI=1S/C15H19BrN4/c1-3-7-18-15-14(16)12(4-2)19-13(20-15)10-11-5-8-17-9-6-11/h5-6,8-9H,3-4,7,10H2,1-2H3,(H,18,19,20). The molecule has 0 radical (unpaired) electrons. The van der Waals surface area contributed by atoms with Crippen molar-refractivity contribution in [3.05, 3.63) is 46.1 Å². The van der Waals surface area contributed by atoms with Gasteiger partial charge in [-0.15, -0.1) is 0 Å². The van der Waals surface area contributed by atoms with Crippen molar-refractivity contribution in [3.63, 3.8) is 0 Å². The molecule has 20 heavy (non-hydrogen) atoms. The normalized spacial score (nSPS) is 10.6. The van der Waals surface area contributed by atoms with Gasteiger partial charge in [-0.3, -0.25) is 4.98 Å². The molecule has 0 amide bonds. The summed E-state index contributed by atoms with van der Waals surface area (Å²) in [5, 5.41) is 3.35. The fourth-order valence-corrected chi connectivity index (χ4v) is 2.50. The molecule has 0 fully saturated rings. The molecule has 0 aliphatic heterocycles. The van der Waals surface area contributed by atoms with E-state index < -0.39 is 0 Å². The number of nitrogens with one attached hydrogen (secondary N) is 1. The highest BCUT2D eigenvalue weighted by molar-refractivity contribution is 9.10. The summed E-state index contributed by atoms with van der Waals surface area (Å²) in [4.78, 5) is 13.3. The van der Waals surface area contributed by atoms with Crippen LogP contribution in [-0.2, 0) is 12.8 Å². The lowest BCUT2D eigenvalue weighted by atomic mass is 10.2. The number of nitrogens with zero attached hydrogens (tertiary/aromatic N) is 3. The van der Waals surface area contributed by atoms with Crippen molar-refractivity contribution in [1.82, 2.24) is 15.0 Å². The maximum atomic E-state index is 4.64. The topological polar surface area (TPSA) is 50.7 Å². The third-order valence-electron chi connectivity index (χ3n) is 2.96. The van der Waals surface area contributed by atoms with Crippen LogP contribution in [0.2, 0.25) is 0 Å². The second-order valence-electron chi connectivity index (χ2n) is 4.56. The molecular weight excluding hydrogens is 316 g/mol.